The SMILES string of the molecule is CCCCNC(=O)CNC(C)CCSC. The van der Waals surface area contributed by atoms with Crippen molar-refractivity contribution < 1.29 is 4.79 Å². The second-order valence-corrected chi connectivity index (χ2v) is 4.75. The molecule has 3 nitrogen and oxygen atoms in total. The van der Waals surface area contributed by atoms with E-state index in [9.17, 15) is 4.79 Å². The summed E-state index contributed by atoms with van der Waals surface area (Å²) in [7, 11) is 0. The zero-order chi connectivity index (χ0) is 11.5. The quantitative estimate of drug-likeness (QED) is 0.594. The van der Waals surface area contributed by atoms with Crippen molar-refractivity contribution in [3.63, 3.8) is 0 Å². The molecule has 0 saturated carbocycles. The highest BCUT2D eigenvalue weighted by Crippen LogP contribution is 1.99. The van der Waals surface area contributed by atoms with Crippen molar-refractivity contribution in [2.75, 3.05) is 25.1 Å². The van der Waals surface area contributed by atoms with Gasteiger partial charge in [0.1, 0.15) is 0 Å². The highest BCUT2D eigenvalue weighted by atomic mass is 32.2. The van der Waals surface area contributed by atoms with Crippen molar-refractivity contribution in [3.05, 3.63) is 0 Å². The Morgan fingerprint density at radius 3 is 2.80 bits per heavy atom. The molecule has 0 heterocycles. The predicted octanol–water partition coefficient (Wildman–Crippen LogP) is 1.63. The molecule has 1 unspecified atom stereocenters. The molecular weight excluding hydrogens is 208 g/mol. The van der Waals surface area contributed by atoms with E-state index >= 15 is 0 Å². The van der Waals surface area contributed by atoms with E-state index in [2.05, 4.69) is 30.7 Å². The second kappa shape index (κ2) is 10.3. The van der Waals surface area contributed by atoms with E-state index in [1.165, 1.54) is 0 Å². The summed E-state index contributed by atoms with van der Waals surface area (Å²) in [5.74, 6) is 1.26. The van der Waals surface area contributed by atoms with Crippen molar-refractivity contribution in [3.8, 4) is 0 Å². The highest BCUT2D eigenvalue weighted by molar-refractivity contribution is 7.98. The molecule has 4 heteroatoms. The first-order chi connectivity index (χ1) is 7.20. The van der Waals surface area contributed by atoms with Crippen LogP contribution in [0.3, 0.4) is 0 Å². The van der Waals surface area contributed by atoms with Gasteiger partial charge in [-0.15, -0.1) is 0 Å². The number of unbranched alkanes of at least 4 members (excludes halogenated alkanes) is 1. The first-order valence-corrected chi connectivity index (χ1v) is 7.09. The molecule has 0 radical (unpaired) electrons. The molecule has 0 saturated heterocycles. The van der Waals surface area contributed by atoms with Gasteiger partial charge < -0.3 is 10.6 Å². The Balaban J connectivity index is 3.36. The minimum absolute atomic E-state index is 0.111. The van der Waals surface area contributed by atoms with E-state index in [1.54, 1.807) is 0 Å². The zero-order valence-electron chi connectivity index (χ0n) is 10.1. The third-order valence-electron chi connectivity index (χ3n) is 2.22. The number of rotatable bonds is 9. The lowest BCUT2D eigenvalue weighted by Gasteiger charge is -2.12. The van der Waals surface area contributed by atoms with Gasteiger partial charge in [0.25, 0.3) is 0 Å². The molecule has 0 rings (SSSR count). The molecule has 1 atom stereocenters. The molecule has 90 valence electrons. The smallest absolute Gasteiger partial charge is 0.233 e. The molecule has 1 amide bonds. The fraction of sp³-hybridized carbons (Fsp3) is 0.909. The fourth-order valence-corrected chi connectivity index (χ4v) is 1.72. The van der Waals surface area contributed by atoms with Crippen LogP contribution in [0, 0.1) is 0 Å². The molecule has 0 bridgehead atoms. The van der Waals surface area contributed by atoms with Gasteiger partial charge in [-0.3, -0.25) is 4.79 Å². The number of hydrogen-bond acceptors (Lipinski definition) is 3. The highest BCUT2D eigenvalue weighted by Gasteiger charge is 2.04. The Labute approximate surface area is 97.8 Å². The van der Waals surface area contributed by atoms with E-state index < -0.39 is 0 Å². The molecule has 0 fully saturated rings. The lowest BCUT2D eigenvalue weighted by Crippen LogP contribution is -2.38. The fourth-order valence-electron chi connectivity index (χ4n) is 1.13. The van der Waals surface area contributed by atoms with Gasteiger partial charge in [-0.1, -0.05) is 13.3 Å². The number of carbonyl (C=O) groups is 1. The third kappa shape index (κ3) is 10.1. The summed E-state index contributed by atoms with van der Waals surface area (Å²) in [6, 6.07) is 0.425. The molecule has 0 aliphatic heterocycles. The van der Waals surface area contributed by atoms with Crippen molar-refractivity contribution in [1.29, 1.82) is 0 Å². The maximum absolute atomic E-state index is 11.3. The van der Waals surface area contributed by atoms with Gasteiger partial charge in [0, 0.05) is 12.6 Å². The minimum Gasteiger partial charge on any atom is -0.355 e. The van der Waals surface area contributed by atoms with Crippen molar-refractivity contribution >= 4 is 17.7 Å². The van der Waals surface area contributed by atoms with Gasteiger partial charge >= 0.3 is 0 Å². The Bertz CT molecular complexity index is 165. The van der Waals surface area contributed by atoms with Crippen LogP contribution in [0.2, 0.25) is 0 Å². The summed E-state index contributed by atoms with van der Waals surface area (Å²) >= 11 is 1.84. The van der Waals surface area contributed by atoms with Crippen LogP contribution in [-0.4, -0.2) is 37.0 Å². The first kappa shape index (κ1) is 14.8. The van der Waals surface area contributed by atoms with Gasteiger partial charge in [0.05, 0.1) is 6.54 Å². The van der Waals surface area contributed by atoms with Gasteiger partial charge in [0.2, 0.25) is 5.91 Å². The molecular formula is C11H24N2OS. The Hall–Kier alpha value is -0.220. The molecule has 0 aliphatic rings. The van der Waals surface area contributed by atoms with Crippen LogP contribution in [0.1, 0.15) is 33.1 Å². The predicted molar refractivity (Wildman–Crippen MR) is 68.4 cm³/mol. The number of nitrogens with one attached hydrogen (secondary N) is 2. The molecule has 2 N–H and O–H groups in total. The Morgan fingerprint density at radius 2 is 2.20 bits per heavy atom. The van der Waals surface area contributed by atoms with Crippen molar-refractivity contribution in [2.45, 2.75) is 39.2 Å². The van der Waals surface area contributed by atoms with E-state index in [1.807, 2.05) is 11.8 Å². The summed E-state index contributed by atoms with van der Waals surface area (Å²) in [4.78, 5) is 11.3. The molecule has 0 aliphatic carbocycles. The van der Waals surface area contributed by atoms with Crippen LogP contribution in [0.15, 0.2) is 0 Å². The van der Waals surface area contributed by atoms with Crippen LogP contribution in [0.5, 0.6) is 0 Å². The molecule has 15 heavy (non-hydrogen) atoms. The average molecular weight is 232 g/mol. The van der Waals surface area contributed by atoms with Gasteiger partial charge in [-0.2, -0.15) is 11.8 Å². The summed E-state index contributed by atoms with van der Waals surface area (Å²) in [6.07, 6.45) is 5.40. The lowest BCUT2D eigenvalue weighted by molar-refractivity contribution is -0.120. The van der Waals surface area contributed by atoms with E-state index in [0.29, 0.717) is 12.6 Å². The minimum atomic E-state index is 0.111. The molecule has 0 aromatic heterocycles. The third-order valence-corrected chi connectivity index (χ3v) is 2.86. The molecule has 0 aromatic carbocycles. The van der Waals surface area contributed by atoms with Crippen LogP contribution < -0.4 is 10.6 Å². The number of thioether (sulfide) groups is 1. The van der Waals surface area contributed by atoms with E-state index in [4.69, 9.17) is 0 Å². The Morgan fingerprint density at radius 1 is 1.47 bits per heavy atom. The first-order valence-electron chi connectivity index (χ1n) is 5.69. The van der Waals surface area contributed by atoms with Crippen LogP contribution in [0.25, 0.3) is 0 Å². The summed E-state index contributed by atoms with van der Waals surface area (Å²) in [5, 5.41) is 6.11. The standard InChI is InChI=1S/C11H24N2OS/c1-4-5-7-12-11(14)9-13-10(2)6-8-15-3/h10,13H,4-9H2,1-3H3,(H,12,14). The summed E-state index contributed by atoms with van der Waals surface area (Å²) < 4.78 is 0. The van der Waals surface area contributed by atoms with Crippen molar-refractivity contribution in [1.82, 2.24) is 10.6 Å². The second-order valence-electron chi connectivity index (χ2n) is 3.77. The molecule has 0 spiro atoms. The lowest BCUT2D eigenvalue weighted by atomic mass is 10.2. The summed E-state index contributed by atoms with van der Waals surface area (Å²) in [5.41, 5.74) is 0. The number of hydrogen-bond donors (Lipinski definition) is 2. The maximum Gasteiger partial charge on any atom is 0.233 e. The summed E-state index contributed by atoms with van der Waals surface area (Å²) in [6.45, 7) is 5.49. The zero-order valence-corrected chi connectivity index (χ0v) is 11.0. The van der Waals surface area contributed by atoms with Crippen LogP contribution >= 0.6 is 11.8 Å². The molecule has 0 aromatic rings. The normalized spacial score (nSPS) is 12.5. The van der Waals surface area contributed by atoms with Gasteiger partial charge in [-0.25, -0.2) is 0 Å². The van der Waals surface area contributed by atoms with Crippen molar-refractivity contribution in [2.24, 2.45) is 0 Å². The van der Waals surface area contributed by atoms with E-state index in [0.717, 1.165) is 31.6 Å². The van der Waals surface area contributed by atoms with Crippen LogP contribution in [-0.2, 0) is 4.79 Å². The van der Waals surface area contributed by atoms with E-state index in [-0.39, 0.29) is 5.91 Å². The van der Waals surface area contributed by atoms with Gasteiger partial charge in [0.15, 0.2) is 0 Å². The maximum atomic E-state index is 11.3. The van der Waals surface area contributed by atoms with Gasteiger partial charge in [-0.05, 0) is 31.8 Å². The Kier molecular flexibility index (Phi) is 10.2. The van der Waals surface area contributed by atoms with Crippen LogP contribution in [0.4, 0.5) is 0 Å². The monoisotopic (exact) mass is 232 g/mol. The number of carbonyl (C=O) groups excluding carboxylic acids is 1. The average Bonchev–Trinajstić information content (AvgIpc) is 2.24. The number of amides is 1. The largest absolute Gasteiger partial charge is 0.355 e. The topological polar surface area (TPSA) is 41.1 Å².